The van der Waals surface area contributed by atoms with E-state index in [9.17, 15) is 0 Å². The Labute approximate surface area is 112 Å². The van der Waals surface area contributed by atoms with Crippen molar-refractivity contribution in [2.75, 3.05) is 0 Å². The fourth-order valence-electron chi connectivity index (χ4n) is 1.35. The zero-order valence-corrected chi connectivity index (χ0v) is 11.6. The van der Waals surface area contributed by atoms with E-state index >= 15 is 0 Å². The predicted molar refractivity (Wildman–Crippen MR) is 72.4 cm³/mol. The fraction of sp³-hybridized carbons (Fsp3) is 0.167. The summed E-state index contributed by atoms with van der Waals surface area (Å²) in [6.07, 6.45) is 0. The summed E-state index contributed by atoms with van der Waals surface area (Å²) in [5, 5.41) is 4.12. The van der Waals surface area contributed by atoms with Crippen LogP contribution in [0.25, 0.3) is 0 Å². The van der Waals surface area contributed by atoms with E-state index in [0.29, 0.717) is 12.5 Å². The minimum absolute atomic E-state index is 0.457. The van der Waals surface area contributed by atoms with E-state index in [0.717, 1.165) is 15.8 Å². The van der Waals surface area contributed by atoms with E-state index in [1.807, 2.05) is 23.6 Å². The second-order valence-electron chi connectivity index (χ2n) is 3.28. The van der Waals surface area contributed by atoms with Gasteiger partial charge in [0, 0.05) is 5.56 Å². The first-order chi connectivity index (χ1) is 7.81. The Bertz CT molecular complexity index is 456. The molecule has 0 bridgehead atoms. The molecular weight excluding hydrogens is 308 g/mol. The monoisotopic (exact) mass is 316 g/mol. The first-order valence-electron chi connectivity index (χ1n) is 4.78. The van der Waals surface area contributed by atoms with Crippen molar-refractivity contribution in [2.45, 2.75) is 12.5 Å². The highest BCUT2D eigenvalue weighted by Gasteiger charge is 2.07. The molecule has 0 amide bonds. The maximum Gasteiger partial charge on any atom is 0.138 e. The molecule has 0 aliphatic rings. The predicted octanol–water partition coefficient (Wildman–Crippen LogP) is 4.83. The van der Waals surface area contributed by atoms with Gasteiger partial charge >= 0.3 is 0 Å². The maximum atomic E-state index is 5.87. The highest BCUT2D eigenvalue weighted by molar-refractivity contribution is 9.10. The maximum absolute atomic E-state index is 5.87. The first kappa shape index (κ1) is 12.0. The van der Waals surface area contributed by atoms with Crippen molar-refractivity contribution < 1.29 is 4.74 Å². The molecule has 0 aliphatic heterocycles. The molecule has 16 heavy (non-hydrogen) atoms. The summed E-state index contributed by atoms with van der Waals surface area (Å²) >= 11 is 11.0. The third-order valence-corrected chi connectivity index (χ3v) is 3.80. The van der Waals surface area contributed by atoms with E-state index in [2.05, 4.69) is 27.4 Å². The van der Waals surface area contributed by atoms with Crippen LogP contribution in [0.1, 0.15) is 11.1 Å². The molecule has 0 atom stereocenters. The van der Waals surface area contributed by atoms with E-state index < -0.39 is 0 Å². The lowest BCUT2D eigenvalue weighted by molar-refractivity contribution is 0.302. The van der Waals surface area contributed by atoms with Crippen LogP contribution in [-0.2, 0) is 12.5 Å². The number of para-hydroxylation sites is 1. The summed E-state index contributed by atoms with van der Waals surface area (Å²) in [4.78, 5) is 0. The number of hydrogen-bond acceptors (Lipinski definition) is 2. The quantitative estimate of drug-likeness (QED) is 0.734. The van der Waals surface area contributed by atoms with Crippen molar-refractivity contribution in [1.82, 2.24) is 0 Å². The van der Waals surface area contributed by atoms with Gasteiger partial charge in [0.05, 0.1) is 10.4 Å². The standard InChI is InChI=1S/C12H10BrClOS/c13-11-3-1-2-10(6-14)12(11)15-7-9-4-5-16-8-9/h1-5,8H,6-7H2. The van der Waals surface area contributed by atoms with Crippen molar-refractivity contribution in [3.8, 4) is 5.75 Å². The van der Waals surface area contributed by atoms with E-state index in [1.165, 1.54) is 5.56 Å². The zero-order chi connectivity index (χ0) is 11.4. The van der Waals surface area contributed by atoms with Crippen molar-refractivity contribution in [3.05, 3.63) is 50.6 Å². The molecule has 0 N–H and O–H groups in total. The van der Waals surface area contributed by atoms with E-state index in [1.54, 1.807) is 11.3 Å². The van der Waals surface area contributed by atoms with Crippen LogP contribution in [-0.4, -0.2) is 0 Å². The van der Waals surface area contributed by atoms with Gasteiger partial charge in [-0.3, -0.25) is 0 Å². The average Bonchev–Trinajstić information content (AvgIpc) is 2.80. The molecule has 1 heterocycles. The number of hydrogen-bond donors (Lipinski definition) is 0. The van der Waals surface area contributed by atoms with Crippen LogP contribution < -0.4 is 4.74 Å². The molecule has 4 heteroatoms. The molecule has 84 valence electrons. The Balaban J connectivity index is 2.14. The molecule has 0 saturated heterocycles. The third kappa shape index (κ3) is 2.78. The molecular formula is C12H10BrClOS. The summed E-state index contributed by atoms with van der Waals surface area (Å²) in [6.45, 7) is 0.579. The van der Waals surface area contributed by atoms with Gasteiger partial charge in [-0.2, -0.15) is 11.3 Å². The van der Waals surface area contributed by atoms with Crippen molar-refractivity contribution in [1.29, 1.82) is 0 Å². The third-order valence-electron chi connectivity index (χ3n) is 2.16. The van der Waals surface area contributed by atoms with Crippen LogP contribution in [0, 0.1) is 0 Å². The van der Waals surface area contributed by atoms with Crippen LogP contribution in [0.4, 0.5) is 0 Å². The number of thiophene rings is 1. The van der Waals surface area contributed by atoms with Gasteiger partial charge in [0.25, 0.3) is 0 Å². The number of rotatable bonds is 4. The van der Waals surface area contributed by atoms with Crippen LogP contribution in [0.3, 0.4) is 0 Å². The Morgan fingerprint density at radius 3 is 2.88 bits per heavy atom. The molecule has 0 radical (unpaired) electrons. The van der Waals surface area contributed by atoms with Gasteiger partial charge in [-0.25, -0.2) is 0 Å². The van der Waals surface area contributed by atoms with Crippen molar-refractivity contribution in [2.24, 2.45) is 0 Å². The minimum atomic E-state index is 0.457. The number of halogens is 2. The molecule has 0 spiro atoms. The molecule has 0 unspecified atom stereocenters. The van der Waals surface area contributed by atoms with Gasteiger partial charge in [0.1, 0.15) is 12.4 Å². The number of ether oxygens (including phenoxy) is 1. The molecule has 1 aromatic carbocycles. The van der Waals surface area contributed by atoms with Gasteiger partial charge in [-0.05, 0) is 44.4 Å². The highest BCUT2D eigenvalue weighted by Crippen LogP contribution is 2.30. The van der Waals surface area contributed by atoms with Crippen LogP contribution in [0.15, 0.2) is 39.5 Å². The molecule has 1 aromatic heterocycles. The van der Waals surface area contributed by atoms with Crippen LogP contribution in [0.5, 0.6) is 5.75 Å². The summed E-state index contributed by atoms with van der Waals surface area (Å²) in [7, 11) is 0. The molecule has 2 aromatic rings. The Hall–Kier alpha value is -0.510. The van der Waals surface area contributed by atoms with E-state index in [-0.39, 0.29) is 0 Å². The van der Waals surface area contributed by atoms with Crippen LogP contribution >= 0.6 is 38.9 Å². The normalized spacial score (nSPS) is 10.4. The smallest absolute Gasteiger partial charge is 0.138 e. The average molecular weight is 318 g/mol. The van der Waals surface area contributed by atoms with Gasteiger partial charge in [-0.15, -0.1) is 11.6 Å². The molecule has 0 saturated carbocycles. The summed E-state index contributed by atoms with van der Waals surface area (Å²) in [6, 6.07) is 7.95. The van der Waals surface area contributed by atoms with Gasteiger partial charge in [-0.1, -0.05) is 12.1 Å². The lowest BCUT2D eigenvalue weighted by Crippen LogP contribution is -1.97. The second kappa shape index (κ2) is 5.71. The van der Waals surface area contributed by atoms with Gasteiger partial charge in [0.15, 0.2) is 0 Å². The van der Waals surface area contributed by atoms with E-state index in [4.69, 9.17) is 16.3 Å². The van der Waals surface area contributed by atoms with Crippen LogP contribution in [0.2, 0.25) is 0 Å². The highest BCUT2D eigenvalue weighted by atomic mass is 79.9. The SMILES string of the molecule is ClCc1cccc(Br)c1OCc1ccsc1. The molecule has 1 nitrogen and oxygen atoms in total. The summed E-state index contributed by atoms with van der Waals surface area (Å²) in [5.74, 6) is 1.29. The lowest BCUT2D eigenvalue weighted by atomic mass is 10.2. The zero-order valence-electron chi connectivity index (χ0n) is 8.45. The van der Waals surface area contributed by atoms with Crippen molar-refractivity contribution >= 4 is 38.9 Å². The minimum Gasteiger partial charge on any atom is -0.487 e. The fourth-order valence-corrected chi connectivity index (χ4v) is 2.74. The molecule has 2 rings (SSSR count). The summed E-state index contributed by atoms with van der Waals surface area (Å²) < 4.78 is 6.72. The topological polar surface area (TPSA) is 9.23 Å². The van der Waals surface area contributed by atoms with Gasteiger partial charge in [0.2, 0.25) is 0 Å². The Morgan fingerprint density at radius 1 is 1.31 bits per heavy atom. The van der Waals surface area contributed by atoms with Crippen molar-refractivity contribution in [3.63, 3.8) is 0 Å². The first-order valence-corrected chi connectivity index (χ1v) is 7.05. The largest absolute Gasteiger partial charge is 0.487 e. The lowest BCUT2D eigenvalue weighted by Gasteiger charge is -2.11. The Kier molecular flexibility index (Phi) is 4.27. The number of alkyl halides is 1. The number of benzene rings is 1. The Morgan fingerprint density at radius 2 is 2.19 bits per heavy atom. The summed E-state index contributed by atoms with van der Waals surface area (Å²) in [5.41, 5.74) is 2.19. The second-order valence-corrected chi connectivity index (χ2v) is 5.18. The molecule has 0 fully saturated rings. The van der Waals surface area contributed by atoms with Gasteiger partial charge < -0.3 is 4.74 Å². The molecule has 0 aliphatic carbocycles.